The third-order valence-corrected chi connectivity index (χ3v) is 4.34. The van der Waals surface area contributed by atoms with E-state index in [1.807, 2.05) is 12.1 Å². The lowest BCUT2D eigenvalue weighted by molar-refractivity contribution is -0.143. The van der Waals surface area contributed by atoms with Gasteiger partial charge in [0.05, 0.1) is 32.6 Å². The molecule has 0 fully saturated rings. The molecule has 1 aliphatic heterocycles. The Labute approximate surface area is 166 Å². The van der Waals surface area contributed by atoms with Crippen molar-refractivity contribution in [2.24, 2.45) is 4.99 Å². The Morgan fingerprint density at radius 1 is 1.30 bits per heavy atom. The first-order valence-electron chi connectivity index (χ1n) is 9.05. The minimum absolute atomic E-state index is 0.0940. The number of nitriles is 1. The first-order valence-corrected chi connectivity index (χ1v) is 9.56. The van der Waals surface area contributed by atoms with Crippen LogP contribution < -0.4 is 9.47 Å². The summed E-state index contributed by atoms with van der Waals surface area (Å²) in [4.78, 5) is 14.9. The van der Waals surface area contributed by atoms with Gasteiger partial charge < -0.3 is 14.2 Å². The Bertz CT molecular complexity index is 698. The average molecular weight is 393 g/mol. The van der Waals surface area contributed by atoms with Gasteiger partial charge in [0.15, 0.2) is 11.5 Å². The third-order valence-electron chi connectivity index (χ3n) is 3.98. The Balaban J connectivity index is 0.000000345. The molecule has 0 amide bonds. The molecule has 1 atom stereocenters. The van der Waals surface area contributed by atoms with Crippen LogP contribution >= 0.6 is 12.6 Å². The summed E-state index contributed by atoms with van der Waals surface area (Å²) in [6.07, 6.45) is 3.39. The summed E-state index contributed by atoms with van der Waals surface area (Å²) in [7, 11) is 3.20. The van der Waals surface area contributed by atoms with Crippen LogP contribution in [-0.4, -0.2) is 44.3 Å². The predicted octanol–water partition coefficient (Wildman–Crippen LogP) is 3.61. The molecular weight excluding hydrogens is 364 g/mol. The number of carbonyl (C=O) groups is 1. The summed E-state index contributed by atoms with van der Waals surface area (Å²) < 4.78 is 15.3. The molecule has 148 valence electrons. The molecule has 0 saturated heterocycles. The first-order chi connectivity index (χ1) is 13.0. The minimum atomic E-state index is -0.512. The number of ether oxygens (including phenoxy) is 3. The average Bonchev–Trinajstić information content (AvgIpc) is 2.71. The van der Waals surface area contributed by atoms with Crippen LogP contribution in [0.1, 0.15) is 44.2 Å². The van der Waals surface area contributed by atoms with E-state index in [0.29, 0.717) is 36.8 Å². The maximum absolute atomic E-state index is 10.5. The van der Waals surface area contributed by atoms with E-state index in [1.165, 1.54) is 0 Å². The first kappa shape index (κ1) is 22.8. The molecule has 6 nitrogen and oxygen atoms in total. The Morgan fingerprint density at radius 2 is 1.96 bits per heavy atom. The minimum Gasteiger partial charge on any atom is -0.493 e. The van der Waals surface area contributed by atoms with Gasteiger partial charge >= 0.3 is 5.97 Å². The van der Waals surface area contributed by atoms with Crippen molar-refractivity contribution in [3.05, 3.63) is 23.3 Å². The highest BCUT2D eigenvalue weighted by atomic mass is 32.1. The molecule has 0 spiro atoms. The number of hydrogen-bond acceptors (Lipinski definition) is 7. The topological polar surface area (TPSA) is 80.9 Å². The van der Waals surface area contributed by atoms with E-state index in [4.69, 9.17) is 19.5 Å². The summed E-state index contributed by atoms with van der Waals surface area (Å²) in [5.41, 5.74) is 2.76. The molecule has 0 aromatic heterocycles. The van der Waals surface area contributed by atoms with E-state index in [2.05, 4.69) is 30.6 Å². The van der Waals surface area contributed by atoms with Gasteiger partial charge in [-0.15, -0.1) is 0 Å². The highest BCUT2D eigenvalue weighted by molar-refractivity contribution is 7.82. The molecular formula is C20H28N2O4S. The van der Waals surface area contributed by atoms with Crippen LogP contribution in [0, 0.1) is 11.3 Å². The van der Waals surface area contributed by atoms with Crippen LogP contribution in [0.25, 0.3) is 0 Å². The Hall–Kier alpha value is -2.20. The number of carbonyl (C=O) groups excluding carboxylic acids is 1. The van der Waals surface area contributed by atoms with Gasteiger partial charge in [-0.1, -0.05) is 20.3 Å². The summed E-state index contributed by atoms with van der Waals surface area (Å²) in [5.74, 6) is 1.25. The van der Waals surface area contributed by atoms with Crippen LogP contribution in [0.2, 0.25) is 0 Å². The molecule has 1 aliphatic rings. The summed E-state index contributed by atoms with van der Waals surface area (Å²) >= 11 is 4.25. The Morgan fingerprint density at radius 3 is 2.52 bits per heavy atom. The molecule has 1 heterocycles. The number of methoxy groups -OCH3 is 2. The largest absolute Gasteiger partial charge is 0.493 e. The monoisotopic (exact) mass is 392 g/mol. The normalized spacial score (nSPS) is 13.1. The zero-order valence-corrected chi connectivity index (χ0v) is 17.3. The van der Waals surface area contributed by atoms with Gasteiger partial charge in [0.1, 0.15) is 5.25 Å². The van der Waals surface area contributed by atoms with Crippen LogP contribution in [-0.2, 0) is 16.0 Å². The van der Waals surface area contributed by atoms with Gasteiger partial charge in [-0.3, -0.25) is 9.79 Å². The van der Waals surface area contributed by atoms with Crippen LogP contribution in [0.3, 0.4) is 0 Å². The van der Waals surface area contributed by atoms with Crippen LogP contribution in [0.5, 0.6) is 11.5 Å². The van der Waals surface area contributed by atoms with Crippen molar-refractivity contribution in [1.29, 1.82) is 5.26 Å². The number of benzene rings is 1. The van der Waals surface area contributed by atoms with Crippen molar-refractivity contribution in [2.75, 3.05) is 27.4 Å². The van der Waals surface area contributed by atoms with Crippen molar-refractivity contribution < 1.29 is 19.0 Å². The highest BCUT2D eigenvalue weighted by Gasteiger charge is 2.22. The van der Waals surface area contributed by atoms with Gasteiger partial charge in [-0.2, -0.15) is 17.9 Å². The molecule has 0 saturated carbocycles. The molecule has 27 heavy (non-hydrogen) atoms. The lowest BCUT2D eigenvalue weighted by Gasteiger charge is -2.20. The summed E-state index contributed by atoms with van der Waals surface area (Å²) in [6, 6.07) is 5.92. The van der Waals surface area contributed by atoms with Gasteiger partial charge in [-0.05, 0) is 30.5 Å². The molecule has 2 rings (SSSR count). The fourth-order valence-electron chi connectivity index (χ4n) is 2.48. The number of thiol groups is 1. The lowest BCUT2D eigenvalue weighted by Crippen LogP contribution is -2.21. The summed E-state index contributed by atoms with van der Waals surface area (Å²) in [5, 5.41) is 8.46. The fraction of sp³-hybridized carbons (Fsp3) is 0.550. The molecule has 1 aromatic rings. The second kappa shape index (κ2) is 12.2. The number of rotatable bonds is 7. The van der Waals surface area contributed by atoms with E-state index < -0.39 is 5.25 Å². The standard InChI is InChI=1S/C13H14N2O2S.C7H14O2/c1-16-10-5-8-3-4-15-13(12(18)7-14)9(8)6-11(10)17-2;1-3-5-6-9-7(8)4-2/h5-6,12,18H,3-4H2,1-2H3;3-6H2,1-2H3. The molecule has 0 bridgehead atoms. The van der Waals surface area contributed by atoms with E-state index >= 15 is 0 Å². The number of unbranched alkanes of at least 4 members (excludes halogenated alkanes) is 1. The highest BCUT2D eigenvalue weighted by Crippen LogP contribution is 2.33. The SMILES string of the molecule is CCCCOC(=O)CC.COc1cc2c(cc1OC)C(C(S)C#N)=NCC2. The summed E-state index contributed by atoms with van der Waals surface area (Å²) in [6.45, 7) is 5.13. The van der Waals surface area contributed by atoms with E-state index in [9.17, 15) is 4.79 Å². The van der Waals surface area contributed by atoms with Crippen LogP contribution in [0.4, 0.5) is 0 Å². The van der Waals surface area contributed by atoms with E-state index in [-0.39, 0.29) is 5.97 Å². The van der Waals surface area contributed by atoms with Crippen molar-refractivity contribution in [3.63, 3.8) is 0 Å². The number of fused-ring (bicyclic) bond motifs is 1. The molecule has 1 aromatic carbocycles. The molecule has 1 unspecified atom stereocenters. The molecule has 0 N–H and O–H groups in total. The van der Waals surface area contributed by atoms with Gasteiger partial charge in [0.2, 0.25) is 0 Å². The number of nitrogens with zero attached hydrogens (tertiary/aromatic N) is 2. The van der Waals surface area contributed by atoms with Gasteiger partial charge in [0, 0.05) is 18.5 Å². The maximum atomic E-state index is 10.5. The second-order valence-electron chi connectivity index (χ2n) is 5.84. The second-order valence-corrected chi connectivity index (χ2v) is 6.36. The maximum Gasteiger partial charge on any atom is 0.305 e. The zero-order chi connectivity index (χ0) is 20.2. The molecule has 0 radical (unpaired) electrons. The van der Waals surface area contributed by atoms with E-state index in [0.717, 1.165) is 30.4 Å². The fourth-order valence-corrected chi connectivity index (χ4v) is 2.70. The number of esters is 1. The predicted molar refractivity (Wildman–Crippen MR) is 109 cm³/mol. The van der Waals surface area contributed by atoms with Gasteiger partial charge in [-0.25, -0.2) is 0 Å². The van der Waals surface area contributed by atoms with Crippen molar-refractivity contribution in [1.82, 2.24) is 0 Å². The quantitative estimate of drug-likeness (QED) is 0.435. The number of hydrogen-bond donors (Lipinski definition) is 1. The smallest absolute Gasteiger partial charge is 0.305 e. The molecule has 0 aliphatic carbocycles. The van der Waals surface area contributed by atoms with E-state index in [1.54, 1.807) is 21.1 Å². The van der Waals surface area contributed by atoms with Crippen molar-refractivity contribution in [2.45, 2.75) is 44.8 Å². The lowest BCUT2D eigenvalue weighted by atomic mass is 9.95. The third kappa shape index (κ3) is 6.79. The van der Waals surface area contributed by atoms with Crippen LogP contribution in [0.15, 0.2) is 17.1 Å². The Kier molecular flexibility index (Phi) is 10.3. The van der Waals surface area contributed by atoms with Gasteiger partial charge in [0.25, 0.3) is 0 Å². The zero-order valence-electron chi connectivity index (χ0n) is 16.4. The molecule has 7 heteroatoms. The number of aliphatic imine (C=N–C) groups is 1. The van der Waals surface area contributed by atoms with Crippen molar-refractivity contribution >= 4 is 24.3 Å². The van der Waals surface area contributed by atoms with Crippen molar-refractivity contribution in [3.8, 4) is 17.6 Å².